The predicted molar refractivity (Wildman–Crippen MR) is 95.4 cm³/mol. The second-order valence-corrected chi connectivity index (χ2v) is 5.72. The number of aryl methyl sites for hydroxylation is 1. The summed E-state index contributed by atoms with van der Waals surface area (Å²) in [6, 6.07) is 24.8. The Kier molecular flexibility index (Phi) is 5.05. The minimum absolute atomic E-state index is 0.120. The molecule has 1 amide bonds. The summed E-state index contributed by atoms with van der Waals surface area (Å²) in [5.74, 6) is 0.120. The molecular formula is C21H21NO. The summed E-state index contributed by atoms with van der Waals surface area (Å²) in [7, 11) is 0. The number of carbonyl (C=O) groups is 1. The van der Waals surface area contributed by atoms with E-state index >= 15 is 0 Å². The van der Waals surface area contributed by atoms with Crippen molar-refractivity contribution in [2.75, 3.05) is 6.54 Å². The summed E-state index contributed by atoms with van der Waals surface area (Å²) in [5.41, 5.74) is 2.49. The van der Waals surface area contributed by atoms with Gasteiger partial charge >= 0.3 is 0 Å². The summed E-state index contributed by atoms with van der Waals surface area (Å²) < 4.78 is 0. The van der Waals surface area contributed by atoms with Crippen LogP contribution in [0, 0.1) is 0 Å². The van der Waals surface area contributed by atoms with E-state index < -0.39 is 0 Å². The van der Waals surface area contributed by atoms with E-state index in [0.717, 1.165) is 12.8 Å². The maximum atomic E-state index is 12.0. The molecule has 0 aliphatic heterocycles. The van der Waals surface area contributed by atoms with Crippen LogP contribution in [0.15, 0.2) is 72.8 Å². The Hall–Kier alpha value is -2.61. The van der Waals surface area contributed by atoms with Crippen LogP contribution in [0.1, 0.15) is 17.5 Å². The van der Waals surface area contributed by atoms with E-state index in [9.17, 15) is 4.79 Å². The minimum Gasteiger partial charge on any atom is -0.356 e. The summed E-state index contributed by atoms with van der Waals surface area (Å²) in [4.78, 5) is 12.0. The number of benzene rings is 3. The quantitative estimate of drug-likeness (QED) is 0.729. The second kappa shape index (κ2) is 7.59. The molecule has 0 unspecified atom stereocenters. The Morgan fingerprint density at radius 1 is 0.783 bits per heavy atom. The highest BCUT2D eigenvalue weighted by atomic mass is 16.1. The van der Waals surface area contributed by atoms with Gasteiger partial charge in [-0.1, -0.05) is 72.8 Å². The maximum absolute atomic E-state index is 12.0. The van der Waals surface area contributed by atoms with Gasteiger partial charge in [0, 0.05) is 13.0 Å². The fourth-order valence-corrected chi connectivity index (χ4v) is 2.84. The zero-order chi connectivity index (χ0) is 15.9. The van der Waals surface area contributed by atoms with Crippen LogP contribution in [0.4, 0.5) is 0 Å². The highest BCUT2D eigenvalue weighted by molar-refractivity contribution is 5.85. The van der Waals surface area contributed by atoms with Crippen molar-refractivity contribution in [2.24, 2.45) is 0 Å². The molecule has 0 fully saturated rings. The second-order valence-electron chi connectivity index (χ2n) is 5.72. The number of hydrogen-bond donors (Lipinski definition) is 1. The summed E-state index contributed by atoms with van der Waals surface area (Å²) in [6.45, 7) is 0.682. The molecule has 0 spiro atoms. The van der Waals surface area contributed by atoms with Gasteiger partial charge in [-0.05, 0) is 34.7 Å². The molecule has 2 heteroatoms. The topological polar surface area (TPSA) is 29.1 Å². The van der Waals surface area contributed by atoms with Crippen molar-refractivity contribution in [2.45, 2.75) is 19.3 Å². The standard InChI is InChI=1S/C21H21NO/c23-21(14-13-17-7-2-1-3-8-17)22-16-15-19-11-6-10-18-9-4-5-12-20(18)19/h1-12H,13-16H2,(H,22,23). The van der Waals surface area contributed by atoms with Crippen LogP contribution in [0.25, 0.3) is 10.8 Å². The van der Waals surface area contributed by atoms with Gasteiger partial charge in [-0.2, -0.15) is 0 Å². The molecule has 1 N–H and O–H groups in total. The Balaban J connectivity index is 1.50. The number of rotatable bonds is 6. The van der Waals surface area contributed by atoms with Gasteiger partial charge in [0.05, 0.1) is 0 Å². The largest absolute Gasteiger partial charge is 0.356 e. The summed E-state index contributed by atoms with van der Waals surface area (Å²) >= 11 is 0. The zero-order valence-corrected chi connectivity index (χ0v) is 13.2. The Labute approximate surface area is 137 Å². The lowest BCUT2D eigenvalue weighted by molar-refractivity contribution is -0.121. The first-order chi connectivity index (χ1) is 11.3. The molecule has 0 heterocycles. The molecule has 0 aromatic heterocycles. The van der Waals surface area contributed by atoms with E-state index in [1.807, 2.05) is 18.2 Å². The third-order valence-electron chi connectivity index (χ3n) is 4.08. The van der Waals surface area contributed by atoms with Crippen molar-refractivity contribution < 1.29 is 4.79 Å². The number of hydrogen-bond acceptors (Lipinski definition) is 1. The van der Waals surface area contributed by atoms with E-state index in [1.165, 1.54) is 21.9 Å². The van der Waals surface area contributed by atoms with Crippen LogP contribution >= 0.6 is 0 Å². The third-order valence-corrected chi connectivity index (χ3v) is 4.08. The molecule has 3 aromatic carbocycles. The third kappa shape index (κ3) is 4.19. The van der Waals surface area contributed by atoms with Gasteiger partial charge in [0.15, 0.2) is 0 Å². The molecule has 0 aliphatic rings. The highest BCUT2D eigenvalue weighted by Gasteiger charge is 2.03. The zero-order valence-electron chi connectivity index (χ0n) is 13.2. The first-order valence-corrected chi connectivity index (χ1v) is 8.10. The fourth-order valence-electron chi connectivity index (χ4n) is 2.84. The van der Waals surface area contributed by atoms with Gasteiger partial charge in [-0.25, -0.2) is 0 Å². The first kappa shape index (κ1) is 15.3. The molecule has 0 radical (unpaired) electrons. The van der Waals surface area contributed by atoms with E-state index in [2.05, 4.69) is 59.9 Å². The van der Waals surface area contributed by atoms with Crippen molar-refractivity contribution in [1.82, 2.24) is 5.32 Å². The van der Waals surface area contributed by atoms with Crippen LogP contribution < -0.4 is 5.32 Å². The van der Waals surface area contributed by atoms with Gasteiger partial charge in [-0.15, -0.1) is 0 Å². The van der Waals surface area contributed by atoms with Gasteiger partial charge in [0.25, 0.3) is 0 Å². The van der Waals surface area contributed by atoms with Crippen LogP contribution in [0.5, 0.6) is 0 Å². The van der Waals surface area contributed by atoms with Gasteiger partial charge in [0.1, 0.15) is 0 Å². The highest BCUT2D eigenvalue weighted by Crippen LogP contribution is 2.18. The Bertz CT molecular complexity index is 775. The number of carbonyl (C=O) groups excluding carboxylic acids is 1. The molecule has 3 rings (SSSR count). The van der Waals surface area contributed by atoms with E-state index in [-0.39, 0.29) is 5.91 Å². The van der Waals surface area contributed by atoms with Gasteiger partial charge in [-0.3, -0.25) is 4.79 Å². The van der Waals surface area contributed by atoms with Crippen molar-refractivity contribution in [3.05, 3.63) is 83.9 Å². The maximum Gasteiger partial charge on any atom is 0.220 e. The average molecular weight is 303 g/mol. The predicted octanol–water partition coefficient (Wildman–Crippen LogP) is 4.13. The molecule has 116 valence electrons. The van der Waals surface area contributed by atoms with Crippen molar-refractivity contribution >= 4 is 16.7 Å². The number of fused-ring (bicyclic) bond motifs is 1. The van der Waals surface area contributed by atoms with Crippen LogP contribution in [0.3, 0.4) is 0 Å². The van der Waals surface area contributed by atoms with E-state index in [1.54, 1.807) is 0 Å². The van der Waals surface area contributed by atoms with Crippen LogP contribution in [-0.4, -0.2) is 12.5 Å². The monoisotopic (exact) mass is 303 g/mol. The average Bonchev–Trinajstić information content (AvgIpc) is 2.61. The molecule has 0 saturated heterocycles. The minimum atomic E-state index is 0.120. The van der Waals surface area contributed by atoms with Crippen molar-refractivity contribution in [3.8, 4) is 0 Å². The number of nitrogens with one attached hydrogen (secondary N) is 1. The molecule has 3 aromatic rings. The van der Waals surface area contributed by atoms with Crippen molar-refractivity contribution in [1.29, 1.82) is 0 Å². The van der Waals surface area contributed by atoms with E-state index in [0.29, 0.717) is 13.0 Å². The lowest BCUT2D eigenvalue weighted by Crippen LogP contribution is -2.25. The summed E-state index contributed by atoms with van der Waals surface area (Å²) in [6.07, 6.45) is 2.19. The molecule has 2 nitrogen and oxygen atoms in total. The fraction of sp³-hybridized carbons (Fsp3) is 0.190. The molecular weight excluding hydrogens is 282 g/mol. The summed E-state index contributed by atoms with van der Waals surface area (Å²) in [5, 5.41) is 5.55. The molecule has 0 bridgehead atoms. The SMILES string of the molecule is O=C(CCc1ccccc1)NCCc1cccc2ccccc12. The van der Waals surface area contributed by atoms with Gasteiger partial charge < -0.3 is 5.32 Å². The van der Waals surface area contributed by atoms with Crippen LogP contribution in [0.2, 0.25) is 0 Å². The first-order valence-electron chi connectivity index (χ1n) is 8.10. The molecule has 0 saturated carbocycles. The molecule has 0 atom stereocenters. The van der Waals surface area contributed by atoms with Crippen LogP contribution in [-0.2, 0) is 17.6 Å². The van der Waals surface area contributed by atoms with Crippen molar-refractivity contribution in [3.63, 3.8) is 0 Å². The van der Waals surface area contributed by atoms with Gasteiger partial charge in [0.2, 0.25) is 5.91 Å². The Morgan fingerprint density at radius 2 is 1.52 bits per heavy atom. The lowest BCUT2D eigenvalue weighted by atomic mass is 10.0. The van der Waals surface area contributed by atoms with E-state index in [4.69, 9.17) is 0 Å². The normalized spacial score (nSPS) is 10.6. The smallest absolute Gasteiger partial charge is 0.220 e. The molecule has 0 aliphatic carbocycles. The Morgan fingerprint density at radius 3 is 2.39 bits per heavy atom. The molecule has 23 heavy (non-hydrogen) atoms. The number of amides is 1. The lowest BCUT2D eigenvalue weighted by Gasteiger charge is -2.08.